The van der Waals surface area contributed by atoms with Gasteiger partial charge in [0.25, 0.3) is 10.1 Å². The second-order valence-electron chi connectivity index (χ2n) is 4.76. The molecule has 1 atom stereocenters. The lowest BCUT2D eigenvalue weighted by Crippen LogP contribution is -2.23. The highest BCUT2D eigenvalue weighted by Crippen LogP contribution is 2.27. The molecular weight excluding hydrogens is 248 g/mol. The van der Waals surface area contributed by atoms with Crippen molar-refractivity contribution >= 4 is 10.1 Å². The standard InChI is InChI=1S/C14H18O3S/c1-11-7-9-13(10-8-11)18(15,16)17-14-6-4-3-5-12(14)2/h7-10,14H,2-6H2,1H3/t14-/m1/s1. The van der Waals surface area contributed by atoms with Gasteiger partial charge < -0.3 is 0 Å². The van der Waals surface area contributed by atoms with Gasteiger partial charge in [-0.15, -0.1) is 0 Å². The molecule has 0 spiro atoms. The number of rotatable bonds is 3. The maximum Gasteiger partial charge on any atom is 0.297 e. The molecule has 0 bridgehead atoms. The topological polar surface area (TPSA) is 43.4 Å². The summed E-state index contributed by atoms with van der Waals surface area (Å²) in [6.45, 7) is 5.82. The lowest BCUT2D eigenvalue weighted by Gasteiger charge is -2.24. The molecule has 0 radical (unpaired) electrons. The van der Waals surface area contributed by atoms with Gasteiger partial charge in [-0.05, 0) is 43.9 Å². The van der Waals surface area contributed by atoms with Crippen LogP contribution in [0.1, 0.15) is 31.2 Å². The number of hydrogen-bond acceptors (Lipinski definition) is 3. The molecule has 1 aromatic rings. The van der Waals surface area contributed by atoms with E-state index in [0.717, 1.165) is 36.8 Å². The van der Waals surface area contributed by atoms with E-state index in [1.165, 1.54) is 0 Å². The molecule has 2 rings (SSSR count). The zero-order valence-corrected chi connectivity index (χ0v) is 11.4. The molecule has 1 aromatic carbocycles. The van der Waals surface area contributed by atoms with E-state index < -0.39 is 10.1 Å². The fourth-order valence-electron chi connectivity index (χ4n) is 2.08. The highest BCUT2D eigenvalue weighted by atomic mass is 32.2. The summed E-state index contributed by atoms with van der Waals surface area (Å²) in [6.07, 6.45) is 3.30. The van der Waals surface area contributed by atoms with Gasteiger partial charge in [0.1, 0.15) is 0 Å². The van der Waals surface area contributed by atoms with Crippen molar-refractivity contribution in [2.75, 3.05) is 0 Å². The van der Waals surface area contributed by atoms with Crippen LogP contribution in [0.5, 0.6) is 0 Å². The predicted octanol–water partition coefficient (Wildman–Crippen LogP) is 3.20. The lowest BCUT2D eigenvalue weighted by atomic mass is 9.94. The van der Waals surface area contributed by atoms with E-state index in [-0.39, 0.29) is 11.0 Å². The maximum atomic E-state index is 12.1. The highest BCUT2D eigenvalue weighted by Gasteiger charge is 2.25. The third-order valence-electron chi connectivity index (χ3n) is 3.22. The summed E-state index contributed by atoms with van der Waals surface area (Å²) in [6, 6.07) is 6.70. The molecule has 1 fully saturated rings. The number of hydrogen-bond donors (Lipinski definition) is 0. The second-order valence-corrected chi connectivity index (χ2v) is 6.33. The van der Waals surface area contributed by atoms with Gasteiger partial charge in [0, 0.05) is 0 Å². The monoisotopic (exact) mass is 266 g/mol. The van der Waals surface area contributed by atoms with Gasteiger partial charge >= 0.3 is 0 Å². The molecule has 1 aliphatic rings. The summed E-state index contributed by atoms with van der Waals surface area (Å²) in [5, 5.41) is 0. The quantitative estimate of drug-likeness (QED) is 0.623. The number of aryl methyl sites for hydroxylation is 1. The molecule has 0 aliphatic heterocycles. The predicted molar refractivity (Wildman–Crippen MR) is 70.8 cm³/mol. The summed E-state index contributed by atoms with van der Waals surface area (Å²) in [5.41, 5.74) is 1.91. The summed E-state index contributed by atoms with van der Waals surface area (Å²) in [4.78, 5) is 0.214. The van der Waals surface area contributed by atoms with Crippen LogP contribution in [0.15, 0.2) is 41.3 Å². The Morgan fingerprint density at radius 2 is 1.89 bits per heavy atom. The molecule has 4 heteroatoms. The van der Waals surface area contributed by atoms with Gasteiger partial charge in [-0.25, -0.2) is 0 Å². The Balaban J connectivity index is 2.16. The first-order valence-electron chi connectivity index (χ1n) is 6.17. The third-order valence-corrected chi connectivity index (χ3v) is 4.56. The van der Waals surface area contributed by atoms with Crippen molar-refractivity contribution in [2.24, 2.45) is 0 Å². The van der Waals surface area contributed by atoms with E-state index in [4.69, 9.17) is 4.18 Å². The van der Waals surface area contributed by atoms with Gasteiger partial charge in [-0.2, -0.15) is 8.42 Å². The van der Waals surface area contributed by atoms with Crippen LogP contribution < -0.4 is 0 Å². The SMILES string of the molecule is C=C1CCCC[C@H]1OS(=O)(=O)c1ccc(C)cc1. The first kappa shape index (κ1) is 13.3. The summed E-state index contributed by atoms with van der Waals surface area (Å²) < 4.78 is 29.5. The van der Waals surface area contributed by atoms with Gasteiger partial charge in [0.15, 0.2) is 0 Å². The van der Waals surface area contributed by atoms with Crippen LogP contribution in [-0.2, 0) is 14.3 Å². The minimum Gasteiger partial charge on any atom is -0.259 e. The Kier molecular flexibility index (Phi) is 3.88. The van der Waals surface area contributed by atoms with Crippen LogP contribution in [0.25, 0.3) is 0 Å². The van der Waals surface area contributed by atoms with Gasteiger partial charge in [-0.3, -0.25) is 4.18 Å². The minimum absolute atomic E-state index is 0.214. The van der Waals surface area contributed by atoms with Gasteiger partial charge in [0.2, 0.25) is 0 Å². The Morgan fingerprint density at radius 3 is 2.50 bits per heavy atom. The van der Waals surface area contributed by atoms with E-state index in [0.29, 0.717) is 0 Å². The number of benzene rings is 1. The zero-order valence-electron chi connectivity index (χ0n) is 10.6. The van der Waals surface area contributed by atoms with Crippen molar-refractivity contribution in [3.63, 3.8) is 0 Å². The van der Waals surface area contributed by atoms with Crippen molar-refractivity contribution in [2.45, 2.75) is 43.6 Å². The Bertz CT molecular complexity index is 529. The van der Waals surface area contributed by atoms with Crippen LogP contribution >= 0.6 is 0 Å². The van der Waals surface area contributed by atoms with Crippen LogP contribution in [0.3, 0.4) is 0 Å². The zero-order chi connectivity index (χ0) is 13.2. The van der Waals surface area contributed by atoms with Gasteiger partial charge in [-0.1, -0.05) is 30.7 Å². The van der Waals surface area contributed by atoms with Crippen LogP contribution in [0.4, 0.5) is 0 Å². The van der Waals surface area contributed by atoms with E-state index in [2.05, 4.69) is 6.58 Å². The van der Waals surface area contributed by atoms with E-state index in [9.17, 15) is 8.42 Å². The van der Waals surface area contributed by atoms with Crippen molar-refractivity contribution in [1.29, 1.82) is 0 Å². The van der Waals surface area contributed by atoms with Crippen LogP contribution in [0, 0.1) is 6.92 Å². The van der Waals surface area contributed by atoms with E-state index >= 15 is 0 Å². The molecule has 0 amide bonds. The molecule has 1 aliphatic carbocycles. The summed E-state index contributed by atoms with van der Waals surface area (Å²) in [5.74, 6) is 0. The average molecular weight is 266 g/mol. The lowest BCUT2D eigenvalue weighted by molar-refractivity contribution is 0.211. The molecule has 0 aromatic heterocycles. The van der Waals surface area contributed by atoms with Crippen LogP contribution in [0.2, 0.25) is 0 Å². The largest absolute Gasteiger partial charge is 0.297 e. The molecule has 0 N–H and O–H groups in total. The third kappa shape index (κ3) is 3.00. The summed E-state index contributed by atoms with van der Waals surface area (Å²) >= 11 is 0. The maximum absolute atomic E-state index is 12.1. The Morgan fingerprint density at radius 1 is 1.22 bits per heavy atom. The first-order valence-corrected chi connectivity index (χ1v) is 7.57. The van der Waals surface area contributed by atoms with E-state index in [1.807, 2.05) is 6.92 Å². The molecule has 1 saturated carbocycles. The van der Waals surface area contributed by atoms with Gasteiger partial charge in [0.05, 0.1) is 11.0 Å². The van der Waals surface area contributed by atoms with Crippen LogP contribution in [-0.4, -0.2) is 14.5 Å². The fourth-order valence-corrected chi connectivity index (χ4v) is 3.20. The normalized spacial score (nSPS) is 20.9. The van der Waals surface area contributed by atoms with Crippen molar-refractivity contribution in [1.82, 2.24) is 0 Å². The summed E-state index contributed by atoms with van der Waals surface area (Å²) in [7, 11) is -3.67. The molecule has 0 heterocycles. The smallest absolute Gasteiger partial charge is 0.259 e. The second kappa shape index (κ2) is 5.24. The molecule has 0 unspecified atom stereocenters. The van der Waals surface area contributed by atoms with E-state index in [1.54, 1.807) is 24.3 Å². The molecule has 0 saturated heterocycles. The van der Waals surface area contributed by atoms with Crippen molar-refractivity contribution in [3.05, 3.63) is 42.0 Å². The first-order chi connectivity index (χ1) is 8.49. The Labute approximate surface area is 109 Å². The fraction of sp³-hybridized carbons (Fsp3) is 0.429. The molecule has 18 heavy (non-hydrogen) atoms. The van der Waals surface area contributed by atoms with Crippen molar-refractivity contribution in [3.8, 4) is 0 Å². The molecule has 98 valence electrons. The Hall–Kier alpha value is -1.13. The molecule has 3 nitrogen and oxygen atoms in total. The van der Waals surface area contributed by atoms with Crippen molar-refractivity contribution < 1.29 is 12.6 Å². The average Bonchev–Trinajstić information content (AvgIpc) is 2.32. The molecular formula is C14H18O3S. The minimum atomic E-state index is -3.67. The highest BCUT2D eigenvalue weighted by molar-refractivity contribution is 7.86.